The van der Waals surface area contributed by atoms with Gasteiger partial charge in [0.2, 0.25) is 0 Å². The van der Waals surface area contributed by atoms with Crippen LogP contribution in [0.1, 0.15) is 22.0 Å². The molecule has 2 N–H and O–H groups in total. The summed E-state index contributed by atoms with van der Waals surface area (Å²) in [5, 5.41) is 23.0. The van der Waals surface area contributed by atoms with Gasteiger partial charge >= 0.3 is 5.97 Å². The van der Waals surface area contributed by atoms with Gasteiger partial charge in [0, 0.05) is 36.3 Å². The number of amides is 1. The summed E-state index contributed by atoms with van der Waals surface area (Å²) >= 11 is 0. The number of carboxylic acid groups (broad SMARTS) is 1. The summed E-state index contributed by atoms with van der Waals surface area (Å²) in [6.07, 6.45) is 0. The minimum absolute atomic E-state index is 0.174. The summed E-state index contributed by atoms with van der Waals surface area (Å²) in [4.78, 5) is 36.7. The summed E-state index contributed by atoms with van der Waals surface area (Å²) in [5.74, 6) is -4.58. The number of rotatable bonds is 6. The smallest absolute Gasteiger partial charge is 0.331 e. The standard InChI is InChI=1S/C19H17F2N3O6/c20-12-2-3-13(14(21)10-12)17(19(26)27)22-18(25)11-1-4-15(16(9-11)24(28)29)23-5-7-30-8-6-23/h1-4,9-10,17H,5-8H2,(H,22,25)(H,26,27)/t17-/m1/s1. The van der Waals surface area contributed by atoms with Crippen LogP contribution in [-0.2, 0) is 9.53 Å². The fraction of sp³-hybridized carbons (Fsp3) is 0.263. The lowest BCUT2D eigenvalue weighted by Gasteiger charge is -2.28. The van der Waals surface area contributed by atoms with E-state index >= 15 is 0 Å². The molecule has 3 rings (SSSR count). The Balaban J connectivity index is 1.88. The number of benzene rings is 2. The van der Waals surface area contributed by atoms with Crippen LogP contribution < -0.4 is 10.2 Å². The Bertz CT molecular complexity index is 994. The topological polar surface area (TPSA) is 122 Å². The number of aliphatic carboxylic acids is 1. The maximum Gasteiger partial charge on any atom is 0.331 e. The van der Waals surface area contributed by atoms with Crippen molar-refractivity contribution in [1.29, 1.82) is 0 Å². The molecule has 2 aromatic carbocycles. The Hall–Kier alpha value is -3.60. The molecular weight excluding hydrogens is 404 g/mol. The summed E-state index contributed by atoms with van der Waals surface area (Å²) in [6, 6.07) is 4.20. The van der Waals surface area contributed by atoms with E-state index in [-0.39, 0.29) is 11.3 Å². The van der Waals surface area contributed by atoms with E-state index < -0.39 is 40.0 Å². The van der Waals surface area contributed by atoms with Gasteiger partial charge < -0.3 is 20.1 Å². The number of anilines is 1. The lowest BCUT2D eigenvalue weighted by molar-refractivity contribution is -0.384. The fourth-order valence-corrected chi connectivity index (χ4v) is 3.11. The predicted molar refractivity (Wildman–Crippen MR) is 100 cm³/mol. The van der Waals surface area contributed by atoms with Crippen LogP contribution in [0.4, 0.5) is 20.2 Å². The summed E-state index contributed by atoms with van der Waals surface area (Å²) < 4.78 is 32.3. The van der Waals surface area contributed by atoms with E-state index in [1.807, 2.05) is 0 Å². The maximum atomic E-state index is 14.0. The Kier molecular flexibility index (Phi) is 6.21. The number of ether oxygens (including phenoxy) is 1. The number of hydrogen-bond acceptors (Lipinski definition) is 6. The average molecular weight is 421 g/mol. The van der Waals surface area contributed by atoms with E-state index in [1.165, 1.54) is 12.1 Å². The number of nitro groups is 1. The zero-order valence-corrected chi connectivity index (χ0v) is 15.5. The highest BCUT2D eigenvalue weighted by molar-refractivity contribution is 5.98. The van der Waals surface area contributed by atoms with Crippen LogP contribution in [0.5, 0.6) is 0 Å². The van der Waals surface area contributed by atoms with Gasteiger partial charge in [-0.05, 0) is 18.2 Å². The third kappa shape index (κ3) is 4.51. The second-order valence-corrected chi connectivity index (χ2v) is 6.47. The quantitative estimate of drug-likeness (QED) is 0.542. The molecule has 1 atom stereocenters. The molecule has 1 aliphatic heterocycles. The van der Waals surface area contributed by atoms with Gasteiger partial charge in [0.15, 0.2) is 6.04 Å². The molecule has 1 amide bonds. The van der Waals surface area contributed by atoms with Crippen molar-refractivity contribution in [3.05, 3.63) is 69.3 Å². The SMILES string of the molecule is O=C(N[C@@H](C(=O)O)c1ccc(F)cc1F)c1ccc(N2CCOCC2)c([N+](=O)[O-])c1. The second-order valence-electron chi connectivity index (χ2n) is 6.47. The van der Waals surface area contributed by atoms with E-state index in [4.69, 9.17) is 4.74 Å². The Morgan fingerprint density at radius 2 is 1.87 bits per heavy atom. The molecule has 0 aliphatic carbocycles. The summed E-state index contributed by atoms with van der Waals surface area (Å²) in [5.41, 5.74) is -0.646. The monoisotopic (exact) mass is 421 g/mol. The third-order valence-electron chi connectivity index (χ3n) is 4.58. The first-order chi connectivity index (χ1) is 14.3. The zero-order chi connectivity index (χ0) is 21.8. The van der Waals surface area contributed by atoms with E-state index in [1.54, 1.807) is 4.90 Å². The summed E-state index contributed by atoms with van der Waals surface area (Å²) in [7, 11) is 0. The lowest BCUT2D eigenvalue weighted by Crippen LogP contribution is -2.37. The van der Waals surface area contributed by atoms with Crippen molar-refractivity contribution in [1.82, 2.24) is 5.32 Å². The van der Waals surface area contributed by atoms with Crippen LogP contribution in [0, 0.1) is 21.7 Å². The van der Waals surface area contributed by atoms with Gasteiger partial charge in [-0.25, -0.2) is 13.6 Å². The molecule has 158 valence electrons. The minimum atomic E-state index is -1.81. The highest BCUT2D eigenvalue weighted by Crippen LogP contribution is 2.30. The number of nitrogens with zero attached hydrogens (tertiary/aromatic N) is 2. The molecule has 0 saturated carbocycles. The van der Waals surface area contributed by atoms with Crippen molar-refractivity contribution in [2.45, 2.75) is 6.04 Å². The van der Waals surface area contributed by atoms with Crippen molar-refractivity contribution >= 4 is 23.3 Å². The number of carbonyl (C=O) groups is 2. The molecule has 1 heterocycles. The van der Waals surface area contributed by atoms with Gasteiger partial charge in [-0.2, -0.15) is 0 Å². The Morgan fingerprint density at radius 3 is 2.47 bits per heavy atom. The van der Waals surface area contributed by atoms with Crippen molar-refractivity contribution in [3.63, 3.8) is 0 Å². The molecule has 2 aromatic rings. The highest BCUT2D eigenvalue weighted by atomic mass is 19.1. The van der Waals surface area contributed by atoms with E-state index in [0.29, 0.717) is 38.1 Å². The number of halogens is 2. The largest absolute Gasteiger partial charge is 0.479 e. The van der Waals surface area contributed by atoms with Crippen LogP contribution in [0.25, 0.3) is 0 Å². The van der Waals surface area contributed by atoms with Crippen LogP contribution in [0.2, 0.25) is 0 Å². The van der Waals surface area contributed by atoms with Crippen molar-refractivity contribution in [2.24, 2.45) is 0 Å². The van der Waals surface area contributed by atoms with Crippen LogP contribution >= 0.6 is 0 Å². The number of carboxylic acids is 1. The Morgan fingerprint density at radius 1 is 1.17 bits per heavy atom. The van der Waals surface area contributed by atoms with Gasteiger partial charge in [0.05, 0.1) is 18.1 Å². The molecule has 0 aromatic heterocycles. The first kappa shape index (κ1) is 21.1. The number of morpholine rings is 1. The summed E-state index contributed by atoms with van der Waals surface area (Å²) in [6.45, 7) is 1.69. The molecule has 0 spiro atoms. The second kappa shape index (κ2) is 8.82. The molecule has 1 fully saturated rings. The van der Waals surface area contributed by atoms with Gasteiger partial charge in [-0.1, -0.05) is 6.07 Å². The van der Waals surface area contributed by atoms with Gasteiger partial charge in [-0.3, -0.25) is 14.9 Å². The number of carbonyl (C=O) groups excluding carboxylic acids is 1. The van der Waals surface area contributed by atoms with Gasteiger partial charge in [-0.15, -0.1) is 0 Å². The maximum absolute atomic E-state index is 14.0. The van der Waals surface area contributed by atoms with Gasteiger partial charge in [0.1, 0.15) is 17.3 Å². The molecular formula is C19H17F2N3O6. The lowest BCUT2D eigenvalue weighted by atomic mass is 10.0. The van der Waals surface area contributed by atoms with Gasteiger partial charge in [0.25, 0.3) is 11.6 Å². The number of nitro benzene ring substituents is 1. The minimum Gasteiger partial charge on any atom is -0.479 e. The van der Waals surface area contributed by atoms with Crippen molar-refractivity contribution < 1.29 is 33.1 Å². The first-order valence-electron chi connectivity index (χ1n) is 8.87. The van der Waals surface area contributed by atoms with Crippen LogP contribution in [0.3, 0.4) is 0 Å². The number of hydrogen-bond donors (Lipinski definition) is 2. The van der Waals surface area contributed by atoms with Crippen molar-refractivity contribution in [3.8, 4) is 0 Å². The van der Waals surface area contributed by atoms with Crippen LogP contribution in [0.15, 0.2) is 36.4 Å². The fourth-order valence-electron chi connectivity index (χ4n) is 3.11. The average Bonchev–Trinajstić information content (AvgIpc) is 2.72. The van der Waals surface area contributed by atoms with E-state index in [2.05, 4.69) is 5.32 Å². The molecule has 0 radical (unpaired) electrons. The molecule has 1 saturated heterocycles. The van der Waals surface area contributed by atoms with E-state index in [0.717, 1.165) is 18.2 Å². The molecule has 9 nitrogen and oxygen atoms in total. The molecule has 30 heavy (non-hydrogen) atoms. The third-order valence-corrected chi connectivity index (χ3v) is 4.58. The molecule has 1 aliphatic rings. The van der Waals surface area contributed by atoms with E-state index in [9.17, 15) is 33.6 Å². The van der Waals surface area contributed by atoms with Crippen molar-refractivity contribution in [2.75, 3.05) is 31.2 Å². The normalized spacial score (nSPS) is 14.8. The van der Waals surface area contributed by atoms with Crippen LogP contribution in [-0.4, -0.2) is 48.2 Å². The first-order valence-corrected chi connectivity index (χ1v) is 8.87. The molecule has 11 heteroatoms. The molecule has 0 bridgehead atoms. The highest BCUT2D eigenvalue weighted by Gasteiger charge is 2.28. The molecule has 0 unspecified atom stereocenters. The predicted octanol–water partition coefficient (Wildman–Crippen LogP) is 2.27. The number of nitrogens with one attached hydrogen (secondary N) is 1. The Labute approximate surface area is 169 Å². The zero-order valence-electron chi connectivity index (χ0n) is 15.5.